The molecule has 6 heteroatoms. The molecule has 1 aliphatic carbocycles. The Morgan fingerprint density at radius 2 is 1.86 bits per heavy atom. The van der Waals surface area contributed by atoms with E-state index in [2.05, 4.69) is 33.9 Å². The van der Waals surface area contributed by atoms with Crippen LogP contribution < -0.4 is 14.4 Å². The lowest BCUT2D eigenvalue weighted by Crippen LogP contribution is -2.26. The van der Waals surface area contributed by atoms with Crippen LogP contribution in [0, 0.1) is 5.92 Å². The third kappa shape index (κ3) is 5.46. The van der Waals surface area contributed by atoms with Gasteiger partial charge in [-0.05, 0) is 49.3 Å². The second-order valence-electron chi connectivity index (χ2n) is 8.32. The van der Waals surface area contributed by atoms with Gasteiger partial charge in [0, 0.05) is 19.4 Å². The first kappa shape index (κ1) is 19.7. The highest BCUT2D eigenvalue weighted by Gasteiger charge is 2.26. The molecule has 0 amide bonds. The molecule has 0 radical (unpaired) electrons. The van der Waals surface area contributed by atoms with Gasteiger partial charge < -0.3 is 19.2 Å². The molecule has 2 heterocycles. The molecular weight excluding hydrogens is 366 g/mol. The lowest BCUT2D eigenvalue weighted by molar-refractivity contribution is -0.117. The zero-order valence-corrected chi connectivity index (χ0v) is 17.2. The highest BCUT2D eigenvalue weighted by Crippen LogP contribution is 2.29. The summed E-state index contributed by atoms with van der Waals surface area (Å²) in [5, 5.41) is 0. The molecule has 1 saturated carbocycles. The molecule has 0 N–H and O–H groups in total. The van der Waals surface area contributed by atoms with Gasteiger partial charge in [-0.15, -0.1) is 0 Å². The van der Waals surface area contributed by atoms with Gasteiger partial charge in [-0.2, -0.15) is 0 Å². The van der Waals surface area contributed by atoms with Crippen LogP contribution in [0.3, 0.4) is 0 Å². The van der Waals surface area contributed by atoms with Crippen LogP contribution in [0.15, 0.2) is 36.7 Å². The average molecular weight is 396 g/mol. The number of ketones is 1. The summed E-state index contributed by atoms with van der Waals surface area (Å²) in [7, 11) is 0. The Bertz CT molecular complexity index is 818. The van der Waals surface area contributed by atoms with Gasteiger partial charge in [-0.1, -0.05) is 19.1 Å². The van der Waals surface area contributed by atoms with E-state index in [1.165, 1.54) is 12.8 Å². The first-order valence-corrected chi connectivity index (χ1v) is 10.5. The van der Waals surface area contributed by atoms with Gasteiger partial charge in [0.25, 0.3) is 0 Å². The molecule has 1 aromatic carbocycles. The van der Waals surface area contributed by atoms with Gasteiger partial charge in [0.15, 0.2) is 5.75 Å². The van der Waals surface area contributed by atoms with Crippen LogP contribution >= 0.6 is 0 Å². The number of ether oxygens (including phenoxy) is 2. The minimum atomic E-state index is 0.116. The fourth-order valence-electron chi connectivity index (χ4n) is 3.67. The van der Waals surface area contributed by atoms with E-state index in [0.29, 0.717) is 6.42 Å². The monoisotopic (exact) mass is 395 g/mol. The zero-order chi connectivity index (χ0) is 20.2. The summed E-state index contributed by atoms with van der Waals surface area (Å²) in [6, 6.07) is 8.10. The van der Waals surface area contributed by atoms with Crippen molar-refractivity contribution in [1.82, 2.24) is 9.97 Å². The van der Waals surface area contributed by atoms with Crippen molar-refractivity contribution in [3.63, 3.8) is 0 Å². The Morgan fingerprint density at radius 1 is 1.14 bits per heavy atom. The van der Waals surface area contributed by atoms with Crippen LogP contribution in [0.4, 0.5) is 5.95 Å². The third-order valence-electron chi connectivity index (χ3n) is 5.57. The van der Waals surface area contributed by atoms with E-state index in [1.54, 1.807) is 19.3 Å². The largest absolute Gasteiger partial charge is 0.490 e. The number of Topliss-reactive ketones (excluding diaryl/α,β-unsaturated/α-hetero) is 1. The van der Waals surface area contributed by atoms with Crippen molar-refractivity contribution < 1.29 is 14.3 Å². The molecule has 1 aromatic heterocycles. The van der Waals surface area contributed by atoms with Crippen molar-refractivity contribution >= 4 is 11.7 Å². The first-order valence-electron chi connectivity index (χ1n) is 10.5. The molecule has 2 fully saturated rings. The van der Waals surface area contributed by atoms with Crippen LogP contribution in [-0.4, -0.2) is 41.6 Å². The van der Waals surface area contributed by atoms with Crippen LogP contribution in [-0.2, 0) is 4.79 Å². The maximum absolute atomic E-state index is 11.3. The summed E-state index contributed by atoms with van der Waals surface area (Å²) >= 11 is 0. The molecule has 2 atom stereocenters. The van der Waals surface area contributed by atoms with Crippen LogP contribution in [0.5, 0.6) is 11.5 Å². The van der Waals surface area contributed by atoms with Crippen molar-refractivity contribution in [3.8, 4) is 11.5 Å². The highest BCUT2D eigenvalue weighted by atomic mass is 16.5. The lowest BCUT2D eigenvalue weighted by Gasteiger charge is -2.18. The summed E-state index contributed by atoms with van der Waals surface area (Å²) < 4.78 is 11.9. The van der Waals surface area contributed by atoms with E-state index in [9.17, 15) is 4.79 Å². The summed E-state index contributed by atoms with van der Waals surface area (Å²) in [6.07, 6.45) is 7.70. The third-order valence-corrected chi connectivity index (χ3v) is 5.57. The predicted molar refractivity (Wildman–Crippen MR) is 112 cm³/mol. The molecular formula is C23H29N3O3. The Labute approximate surface area is 172 Å². The fraction of sp³-hybridized carbons (Fsp3) is 0.522. The number of benzene rings is 1. The highest BCUT2D eigenvalue weighted by molar-refractivity contribution is 5.76. The van der Waals surface area contributed by atoms with Gasteiger partial charge in [0.05, 0.1) is 25.5 Å². The molecule has 2 aliphatic rings. The average Bonchev–Trinajstić information content (AvgIpc) is 3.44. The minimum Gasteiger partial charge on any atom is -0.490 e. The van der Waals surface area contributed by atoms with Crippen LogP contribution in [0.25, 0.3) is 0 Å². The predicted octanol–water partition coefficient (Wildman–Crippen LogP) is 4.01. The number of rotatable bonds is 9. The first-order chi connectivity index (χ1) is 14.1. The Balaban J connectivity index is 1.27. The van der Waals surface area contributed by atoms with E-state index in [1.807, 2.05) is 12.1 Å². The number of hydrogen-bond acceptors (Lipinski definition) is 6. The molecule has 1 saturated heterocycles. The summed E-state index contributed by atoms with van der Waals surface area (Å²) in [6.45, 7) is 6.13. The lowest BCUT2D eigenvalue weighted by atomic mass is 9.96. The standard InChI is InChI=1S/C23H29N3O3/c1-16(11-17(2)27)19-5-7-20(8-6-19)29-21-9-10-26(14-21)23-24-12-22(13-25-23)28-15-18-3-4-18/h5-8,12-13,16,18,21H,3-4,9-11,14-15H2,1-2H3/t16-,21-/m1/s1. The van der Waals surface area contributed by atoms with Crippen molar-refractivity contribution in [2.45, 2.75) is 51.6 Å². The number of hydrogen-bond donors (Lipinski definition) is 0. The zero-order valence-electron chi connectivity index (χ0n) is 17.2. The van der Waals surface area contributed by atoms with Crippen LogP contribution in [0.1, 0.15) is 51.0 Å². The molecule has 1 aliphatic heterocycles. The number of carbonyl (C=O) groups is 1. The molecule has 0 unspecified atom stereocenters. The maximum Gasteiger partial charge on any atom is 0.225 e. The van der Waals surface area contributed by atoms with E-state index in [0.717, 1.165) is 55.0 Å². The minimum absolute atomic E-state index is 0.116. The summed E-state index contributed by atoms with van der Waals surface area (Å²) in [5.41, 5.74) is 1.16. The van der Waals surface area contributed by atoms with Gasteiger partial charge in [-0.25, -0.2) is 9.97 Å². The Hall–Kier alpha value is -2.63. The van der Waals surface area contributed by atoms with Crippen molar-refractivity contribution in [2.24, 2.45) is 5.92 Å². The fourth-order valence-corrected chi connectivity index (χ4v) is 3.67. The second-order valence-corrected chi connectivity index (χ2v) is 8.32. The summed E-state index contributed by atoms with van der Waals surface area (Å²) in [4.78, 5) is 22.4. The normalized spacial score (nSPS) is 19.8. The SMILES string of the molecule is CC(=O)C[C@@H](C)c1ccc(O[C@@H]2CCN(c3ncc(OCC4CC4)cn3)C2)cc1. The Morgan fingerprint density at radius 3 is 2.52 bits per heavy atom. The number of anilines is 1. The van der Waals surface area contributed by atoms with Crippen molar-refractivity contribution in [3.05, 3.63) is 42.2 Å². The molecule has 0 spiro atoms. The van der Waals surface area contributed by atoms with E-state index in [-0.39, 0.29) is 17.8 Å². The molecule has 154 valence electrons. The molecule has 2 aromatic rings. The van der Waals surface area contributed by atoms with Gasteiger partial charge in [0.1, 0.15) is 17.6 Å². The molecule has 0 bridgehead atoms. The number of carbonyl (C=O) groups excluding carboxylic acids is 1. The van der Waals surface area contributed by atoms with Gasteiger partial charge in [-0.3, -0.25) is 0 Å². The topological polar surface area (TPSA) is 64.5 Å². The van der Waals surface area contributed by atoms with E-state index in [4.69, 9.17) is 9.47 Å². The number of aromatic nitrogens is 2. The molecule has 4 rings (SSSR count). The molecule has 6 nitrogen and oxygen atoms in total. The van der Waals surface area contributed by atoms with E-state index >= 15 is 0 Å². The number of nitrogens with zero attached hydrogens (tertiary/aromatic N) is 3. The van der Waals surface area contributed by atoms with Crippen molar-refractivity contribution in [2.75, 3.05) is 24.6 Å². The van der Waals surface area contributed by atoms with E-state index < -0.39 is 0 Å². The van der Waals surface area contributed by atoms with Gasteiger partial charge in [0.2, 0.25) is 5.95 Å². The van der Waals surface area contributed by atoms with Gasteiger partial charge >= 0.3 is 0 Å². The quantitative estimate of drug-likeness (QED) is 0.639. The maximum atomic E-state index is 11.3. The van der Waals surface area contributed by atoms with Crippen molar-refractivity contribution in [1.29, 1.82) is 0 Å². The second kappa shape index (κ2) is 8.80. The summed E-state index contributed by atoms with van der Waals surface area (Å²) in [5.74, 6) is 3.50. The smallest absolute Gasteiger partial charge is 0.225 e. The molecule has 29 heavy (non-hydrogen) atoms. The Kier molecular flexibility index (Phi) is 5.97. The van der Waals surface area contributed by atoms with Crippen LogP contribution in [0.2, 0.25) is 0 Å².